The van der Waals surface area contributed by atoms with E-state index in [4.69, 9.17) is 4.74 Å². The van der Waals surface area contributed by atoms with Crippen molar-refractivity contribution < 1.29 is 9.53 Å². The molecule has 0 radical (unpaired) electrons. The summed E-state index contributed by atoms with van der Waals surface area (Å²) in [6.45, 7) is 5.76. The van der Waals surface area contributed by atoms with Crippen LogP contribution in [0.1, 0.15) is 26.5 Å². The number of rotatable bonds is 5. The molecule has 1 aromatic heterocycles. The first-order chi connectivity index (χ1) is 10.0. The minimum Gasteiger partial charge on any atom is -0.497 e. The number of aromatic nitrogens is 2. The lowest BCUT2D eigenvalue weighted by molar-refractivity contribution is -0.114. The Bertz CT molecular complexity index is 632. The number of methoxy groups -OCH3 is 1. The summed E-state index contributed by atoms with van der Waals surface area (Å²) in [7, 11) is 1.63. The van der Waals surface area contributed by atoms with Gasteiger partial charge in [0.1, 0.15) is 11.4 Å². The zero-order valence-electron chi connectivity index (χ0n) is 12.9. The molecule has 2 rings (SSSR count). The molecule has 0 atom stereocenters. The van der Waals surface area contributed by atoms with Crippen molar-refractivity contribution in [2.45, 2.75) is 27.2 Å². The van der Waals surface area contributed by atoms with Crippen molar-refractivity contribution in [3.05, 3.63) is 30.0 Å². The van der Waals surface area contributed by atoms with Crippen LogP contribution in [0.4, 0.5) is 5.69 Å². The molecule has 1 heterocycles. The van der Waals surface area contributed by atoms with Crippen molar-refractivity contribution >= 4 is 11.6 Å². The Kier molecular flexibility index (Phi) is 4.62. The molecule has 0 bridgehead atoms. The van der Waals surface area contributed by atoms with Crippen LogP contribution in [0.25, 0.3) is 11.3 Å². The molecule has 2 N–H and O–H groups in total. The number of nitrogens with one attached hydrogen (secondary N) is 2. The third kappa shape index (κ3) is 3.62. The molecular formula is C16H21N3O2. The first-order valence-corrected chi connectivity index (χ1v) is 7.00. The predicted molar refractivity (Wildman–Crippen MR) is 83.4 cm³/mol. The van der Waals surface area contributed by atoms with Gasteiger partial charge >= 0.3 is 0 Å². The Morgan fingerprint density at radius 3 is 2.81 bits per heavy atom. The average molecular weight is 287 g/mol. The maximum Gasteiger partial charge on any atom is 0.221 e. The highest BCUT2D eigenvalue weighted by Crippen LogP contribution is 2.31. The number of hydrogen-bond acceptors (Lipinski definition) is 3. The van der Waals surface area contributed by atoms with Crippen LogP contribution in [0.5, 0.6) is 5.75 Å². The number of carbonyl (C=O) groups is 1. The quantitative estimate of drug-likeness (QED) is 0.887. The van der Waals surface area contributed by atoms with Crippen molar-refractivity contribution in [3.63, 3.8) is 0 Å². The van der Waals surface area contributed by atoms with E-state index in [0.717, 1.165) is 34.8 Å². The van der Waals surface area contributed by atoms with Gasteiger partial charge in [0.25, 0.3) is 0 Å². The molecular weight excluding hydrogens is 266 g/mol. The summed E-state index contributed by atoms with van der Waals surface area (Å²) in [6, 6.07) is 7.63. The van der Waals surface area contributed by atoms with E-state index in [2.05, 4.69) is 29.4 Å². The Morgan fingerprint density at radius 1 is 1.43 bits per heavy atom. The molecule has 0 saturated heterocycles. The smallest absolute Gasteiger partial charge is 0.221 e. The second kappa shape index (κ2) is 6.43. The van der Waals surface area contributed by atoms with Crippen molar-refractivity contribution in [2.75, 3.05) is 12.4 Å². The lowest BCUT2D eigenvalue weighted by Gasteiger charge is -2.09. The van der Waals surface area contributed by atoms with Crippen molar-refractivity contribution in [2.24, 2.45) is 5.92 Å². The minimum atomic E-state index is -0.106. The second-order valence-electron chi connectivity index (χ2n) is 5.44. The Labute approximate surface area is 124 Å². The third-order valence-electron chi connectivity index (χ3n) is 3.10. The second-order valence-corrected chi connectivity index (χ2v) is 5.44. The largest absolute Gasteiger partial charge is 0.497 e. The van der Waals surface area contributed by atoms with Gasteiger partial charge in [-0.05, 0) is 24.5 Å². The predicted octanol–water partition coefficient (Wildman–Crippen LogP) is 3.24. The SMILES string of the molecule is COc1cccc(-c2n[nH]c(CC(C)C)c2NC(C)=O)c1. The molecule has 0 aliphatic rings. The molecule has 1 aromatic carbocycles. The number of benzene rings is 1. The molecule has 0 aliphatic carbocycles. The fourth-order valence-corrected chi connectivity index (χ4v) is 2.22. The van der Waals surface area contributed by atoms with Gasteiger partial charge in [-0.25, -0.2) is 0 Å². The Hall–Kier alpha value is -2.30. The van der Waals surface area contributed by atoms with E-state index in [9.17, 15) is 4.79 Å². The summed E-state index contributed by atoms with van der Waals surface area (Å²) in [5.41, 5.74) is 3.34. The van der Waals surface area contributed by atoms with Crippen LogP contribution >= 0.6 is 0 Å². The number of aromatic amines is 1. The van der Waals surface area contributed by atoms with E-state index >= 15 is 0 Å². The number of ether oxygens (including phenoxy) is 1. The number of anilines is 1. The van der Waals surface area contributed by atoms with E-state index in [1.807, 2.05) is 24.3 Å². The molecule has 0 aliphatic heterocycles. The van der Waals surface area contributed by atoms with E-state index in [-0.39, 0.29) is 5.91 Å². The maximum absolute atomic E-state index is 11.5. The number of hydrogen-bond donors (Lipinski definition) is 2. The van der Waals surface area contributed by atoms with Crippen LogP contribution < -0.4 is 10.1 Å². The number of nitrogens with zero attached hydrogens (tertiary/aromatic N) is 1. The normalized spacial score (nSPS) is 10.7. The molecule has 5 nitrogen and oxygen atoms in total. The highest BCUT2D eigenvalue weighted by Gasteiger charge is 2.17. The monoisotopic (exact) mass is 287 g/mol. The van der Waals surface area contributed by atoms with Crippen LogP contribution in [0, 0.1) is 5.92 Å². The highest BCUT2D eigenvalue weighted by molar-refractivity contribution is 5.94. The van der Waals surface area contributed by atoms with Crippen LogP contribution in [-0.4, -0.2) is 23.2 Å². The van der Waals surface area contributed by atoms with Gasteiger partial charge in [-0.3, -0.25) is 9.89 Å². The van der Waals surface area contributed by atoms with Gasteiger partial charge in [0.15, 0.2) is 0 Å². The molecule has 1 amide bonds. The molecule has 21 heavy (non-hydrogen) atoms. The summed E-state index contributed by atoms with van der Waals surface area (Å²) in [5.74, 6) is 1.12. The zero-order valence-corrected chi connectivity index (χ0v) is 12.9. The molecule has 5 heteroatoms. The molecule has 2 aromatic rings. The van der Waals surface area contributed by atoms with Gasteiger partial charge in [-0.1, -0.05) is 26.0 Å². The summed E-state index contributed by atoms with van der Waals surface area (Å²) >= 11 is 0. The topological polar surface area (TPSA) is 67.0 Å². The van der Waals surface area contributed by atoms with Crippen LogP contribution in [0.2, 0.25) is 0 Å². The summed E-state index contributed by atoms with van der Waals surface area (Å²) in [5, 5.41) is 10.3. The van der Waals surface area contributed by atoms with Gasteiger partial charge in [0, 0.05) is 12.5 Å². The standard InChI is InChI=1S/C16H21N3O2/c1-10(2)8-14-16(17-11(3)20)15(19-18-14)12-6-5-7-13(9-12)21-4/h5-7,9-10H,8H2,1-4H3,(H,17,20)(H,18,19). The van der Waals surface area contributed by atoms with Crippen LogP contribution in [-0.2, 0) is 11.2 Å². The summed E-state index contributed by atoms with van der Waals surface area (Å²) in [4.78, 5) is 11.5. The maximum atomic E-state index is 11.5. The van der Waals surface area contributed by atoms with Gasteiger partial charge < -0.3 is 10.1 Å². The fraction of sp³-hybridized carbons (Fsp3) is 0.375. The van der Waals surface area contributed by atoms with Crippen molar-refractivity contribution in [3.8, 4) is 17.0 Å². The first kappa shape index (κ1) is 15.1. The fourth-order valence-electron chi connectivity index (χ4n) is 2.22. The average Bonchev–Trinajstić information content (AvgIpc) is 2.80. The Balaban J connectivity index is 2.46. The minimum absolute atomic E-state index is 0.106. The number of H-pyrrole nitrogens is 1. The van der Waals surface area contributed by atoms with E-state index in [1.165, 1.54) is 6.92 Å². The number of amides is 1. The van der Waals surface area contributed by atoms with Gasteiger partial charge in [-0.15, -0.1) is 0 Å². The van der Waals surface area contributed by atoms with Crippen molar-refractivity contribution in [1.29, 1.82) is 0 Å². The Morgan fingerprint density at radius 2 is 2.19 bits per heavy atom. The zero-order chi connectivity index (χ0) is 15.4. The third-order valence-corrected chi connectivity index (χ3v) is 3.10. The van der Waals surface area contributed by atoms with Gasteiger partial charge in [-0.2, -0.15) is 5.10 Å². The molecule has 0 spiro atoms. The summed E-state index contributed by atoms with van der Waals surface area (Å²) in [6.07, 6.45) is 0.826. The molecule has 0 fully saturated rings. The van der Waals surface area contributed by atoms with Crippen molar-refractivity contribution in [1.82, 2.24) is 10.2 Å². The molecule has 112 valence electrons. The first-order valence-electron chi connectivity index (χ1n) is 7.00. The number of carbonyl (C=O) groups excluding carboxylic acids is 1. The van der Waals surface area contributed by atoms with E-state index in [0.29, 0.717) is 5.92 Å². The molecule has 0 unspecified atom stereocenters. The van der Waals surface area contributed by atoms with Gasteiger partial charge in [0.05, 0.1) is 18.5 Å². The highest BCUT2D eigenvalue weighted by atomic mass is 16.5. The lowest BCUT2D eigenvalue weighted by atomic mass is 10.0. The van der Waals surface area contributed by atoms with E-state index in [1.54, 1.807) is 7.11 Å². The van der Waals surface area contributed by atoms with Gasteiger partial charge in [0.2, 0.25) is 5.91 Å². The molecule has 0 saturated carbocycles. The van der Waals surface area contributed by atoms with Crippen LogP contribution in [0.15, 0.2) is 24.3 Å². The lowest BCUT2D eigenvalue weighted by Crippen LogP contribution is -2.09. The van der Waals surface area contributed by atoms with Crippen LogP contribution in [0.3, 0.4) is 0 Å². The summed E-state index contributed by atoms with van der Waals surface area (Å²) < 4.78 is 5.24. The van der Waals surface area contributed by atoms with E-state index < -0.39 is 0 Å².